The molecule has 0 saturated carbocycles. The van der Waals surface area contributed by atoms with Crippen LogP contribution < -0.4 is 10.6 Å². The number of nitrogens with zero attached hydrogens (tertiary/aromatic N) is 4. The van der Waals surface area contributed by atoms with E-state index >= 15 is 0 Å². The van der Waals surface area contributed by atoms with Gasteiger partial charge in [-0.05, 0) is 38.7 Å². The Kier molecular flexibility index (Phi) is 6.10. The zero-order chi connectivity index (χ0) is 19.2. The van der Waals surface area contributed by atoms with Crippen molar-refractivity contribution in [2.45, 2.75) is 13.0 Å². The molecule has 2 N–H and O–H groups in total. The van der Waals surface area contributed by atoms with Crippen LogP contribution in [0.1, 0.15) is 27.5 Å². The Bertz CT molecular complexity index is 862. The number of anilines is 2. The summed E-state index contributed by atoms with van der Waals surface area (Å²) in [6.45, 7) is 2.79. The van der Waals surface area contributed by atoms with Crippen LogP contribution in [-0.2, 0) is 0 Å². The average Bonchev–Trinajstić information content (AvgIpc) is 3.16. The molecule has 8 heteroatoms. The van der Waals surface area contributed by atoms with Crippen molar-refractivity contribution < 1.29 is 4.79 Å². The van der Waals surface area contributed by atoms with Gasteiger partial charge in [-0.25, -0.2) is 4.98 Å². The van der Waals surface area contributed by atoms with Gasteiger partial charge in [0.1, 0.15) is 11.3 Å². The molecule has 3 aromatic rings. The number of carbonyl (C=O) groups is 1. The van der Waals surface area contributed by atoms with Crippen molar-refractivity contribution in [3.05, 3.63) is 64.8 Å². The Morgan fingerprint density at radius 3 is 2.56 bits per heavy atom. The number of pyridine rings is 1. The van der Waals surface area contributed by atoms with E-state index in [2.05, 4.69) is 76.0 Å². The van der Waals surface area contributed by atoms with E-state index in [9.17, 15) is 4.79 Å². The normalized spacial score (nSPS) is 12.0. The van der Waals surface area contributed by atoms with Gasteiger partial charge in [0, 0.05) is 12.7 Å². The number of amides is 1. The summed E-state index contributed by atoms with van der Waals surface area (Å²) < 4.78 is 0. The summed E-state index contributed by atoms with van der Waals surface area (Å²) in [5, 5.41) is 14.0. The van der Waals surface area contributed by atoms with E-state index in [1.807, 2.05) is 0 Å². The van der Waals surface area contributed by atoms with Crippen LogP contribution in [0.3, 0.4) is 0 Å². The van der Waals surface area contributed by atoms with Crippen LogP contribution in [-0.4, -0.2) is 46.6 Å². The molecule has 0 spiro atoms. The second kappa shape index (κ2) is 8.70. The van der Waals surface area contributed by atoms with Gasteiger partial charge in [-0.2, -0.15) is 0 Å². The number of rotatable bonds is 7. The lowest BCUT2D eigenvalue weighted by atomic mass is 10.0. The van der Waals surface area contributed by atoms with Gasteiger partial charge in [0.05, 0.1) is 11.6 Å². The number of likely N-dealkylation sites (N-methyl/N-ethyl adjacent to an activating group) is 1. The van der Waals surface area contributed by atoms with Crippen LogP contribution in [0.2, 0.25) is 0 Å². The first-order valence-corrected chi connectivity index (χ1v) is 9.41. The number of carbonyl (C=O) groups excluding carboxylic acids is 1. The quantitative estimate of drug-likeness (QED) is 0.653. The van der Waals surface area contributed by atoms with Gasteiger partial charge < -0.3 is 10.2 Å². The summed E-state index contributed by atoms with van der Waals surface area (Å²) in [5.74, 6) is 0.470. The molecule has 0 radical (unpaired) electrons. The first-order valence-electron chi connectivity index (χ1n) is 8.53. The number of aromatic nitrogens is 3. The topological polar surface area (TPSA) is 83.0 Å². The SMILES string of the molecule is Cc1ccc(C(CNc2ccc(C(=O)Nc3nncs3)cn2)N(C)C)cc1. The Labute approximate surface area is 162 Å². The summed E-state index contributed by atoms with van der Waals surface area (Å²) in [7, 11) is 4.11. The molecular formula is C19H22N6OS. The number of hydrogen-bond acceptors (Lipinski definition) is 7. The molecule has 2 aromatic heterocycles. The van der Waals surface area contributed by atoms with E-state index in [0.717, 1.165) is 5.82 Å². The lowest BCUT2D eigenvalue weighted by molar-refractivity contribution is 0.102. The highest BCUT2D eigenvalue weighted by atomic mass is 32.1. The van der Waals surface area contributed by atoms with E-state index in [1.54, 1.807) is 23.8 Å². The molecule has 7 nitrogen and oxygen atoms in total. The molecular weight excluding hydrogens is 360 g/mol. The number of aryl methyl sites for hydroxylation is 1. The van der Waals surface area contributed by atoms with Crippen LogP contribution in [0.15, 0.2) is 48.1 Å². The second-order valence-electron chi connectivity index (χ2n) is 6.40. The lowest BCUT2D eigenvalue weighted by Gasteiger charge is -2.25. The largest absolute Gasteiger partial charge is 0.368 e. The van der Waals surface area contributed by atoms with Crippen LogP contribution in [0.25, 0.3) is 0 Å². The predicted molar refractivity (Wildman–Crippen MR) is 108 cm³/mol. The first-order chi connectivity index (χ1) is 13.0. The first kappa shape index (κ1) is 18.9. The minimum absolute atomic E-state index is 0.216. The highest BCUT2D eigenvalue weighted by molar-refractivity contribution is 7.13. The lowest BCUT2D eigenvalue weighted by Crippen LogP contribution is -2.27. The predicted octanol–water partition coefficient (Wildman–Crippen LogP) is 3.21. The molecule has 0 aliphatic carbocycles. The van der Waals surface area contributed by atoms with Gasteiger partial charge in [0.15, 0.2) is 0 Å². The fraction of sp³-hybridized carbons (Fsp3) is 0.263. The molecule has 1 amide bonds. The summed E-state index contributed by atoms with van der Waals surface area (Å²) >= 11 is 1.27. The van der Waals surface area contributed by atoms with Crippen molar-refractivity contribution >= 4 is 28.2 Å². The van der Waals surface area contributed by atoms with Gasteiger partial charge in [0.25, 0.3) is 5.91 Å². The third-order valence-corrected chi connectivity index (χ3v) is 4.77. The average molecular weight is 382 g/mol. The van der Waals surface area contributed by atoms with E-state index in [-0.39, 0.29) is 11.9 Å². The minimum Gasteiger partial charge on any atom is -0.368 e. The second-order valence-corrected chi connectivity index (χ2v) is 7.23. The third kappa shape index (κ3) is 5.08. The van der Waals surface area contributed by atoms with Gasteiger partial charge in [0.2, 0.25) is 5.13 Å². The van der Waals surface area contributed by atoms with Crippen molar-refractivity contribution in [3.63, 3.8) is 0 Å². The fourth-order valence-electron chi connectivity index (χ4n) is 2.62. The Hall–Kier alpha value is -2.84. The summed E-state index contributed by atoms with van der Waals surface area (Å²) in [4.78, 5) is 18.7. The van der Waals surface area contributed by atoms with E-state index in [1.165, 1.54) is 22.5 Å². The molecule has 0 bridgehead atoms. The summed E-state index contributed by atoms with van der Waals surface area (Å²) in [6.07, 6.45) is 1.55. The van der Waals surface area contributed by atoms with Gasteiger partial charge >= 0.3 is 0 Å². The van der Waals surface area contributed by atoms with Crippen LogP contribution in [0.5, 0.6) is 0 Å². The molecule has 140 valence electrons. The molecule has 1 aromatic carbocycles. The molecule has 0 fully saturated rings. The monoisotopic (exact) mass is 382 g/mol. The Morgan fingerprint density at radius 1 is 1.19 bits per heavy atom. The zero-order valence-corrected chi connectivity index (χ0v) is 16.3. The summed E-state index contributed by atoms with van der Waals surface area (Å²) in [6, 6.07) is 12.3. The van der Waals surface area contributed by atoms with Crippen LogP contribution in [0.4, 0.5) is 10.9 Å². The third-order valence-electron chi connectivity index (χ3n) is 4.17. The standard InChI is InChI=1S/C19H22N6OS/c1-13-4-6-14(7-5-13)16(25(2)3)11-21-17-9-8-15(10-20-17)18(26)23-19-24-22-12-27-19/h4-10,12,16H,11H2,1-3H3,(H,20,21)(H,23,24,26). The number of hydrogen-bond donors (Lipinski definition) is 2. The zero-order valence-electron chi connectivity index (χ0n) is 15.5. The maximum Gasteiger partial charge on any atom is 0.259 e. The highest BCUT2D eigenvalue weighted by Gasteiger charge is 2.14. The van der Waals surface area contributed by atoms with Crippen LogP contribution >= 0.6 is 11.3 Å². The van der Waals surface area contributed by atoms with E-state index < -0.39 is 0 Å². The molecule has 1 unspecified atom stereocenters. The van der Waals surface area contributed by atoms with E-state index in [4.69, 9.17) is 0 Å². The molecule has 0 aliphatic heterocycles. The van der Waals surface area contributed by atoms with Crippen molar-refractivity contribution in [2.75, 3.05) is 31.3 Å². The minimum atomic E-state index is -0.253. The van der Waals surface area contributed by atoms with Crippen molar-refractivity contribution in [1.82, 2.24) is 20.1 Å². The van der Waals surface area contributed by atoms with E-state index in [0.29, 0.717) is 17.2 Å². The van der Waals surface area contributed by atoms with Crippen molar-refractivity contribution in [2.24, 2.45) is 0 Å². The fourth-order valence-corrected chi connectivity index (χ4v) is 3.06. The number of benzene rings is 1. The molecule has 27 heavy (non-hydrogen) atoms. The van der Waals surface area contributed by atoms with Crippen molar-refractivity contribution in [3.8, 4) is 0 Å². The molecule has 3 rings (SSSR count). The molecule has 0 aliphatic rings. The summed E-state index contributed by atoms with van der Waals surface area (Å²) in [5.41, 5.74) is 4.52. The van der Waals surface area contributed by atoms with Gasteiger partial charge in [-0.15, -0.1) is 10.2 Å². The maximum atomic E-state index is 12.2. The smallest absolute Gasteiger partial charge is 0.259 e. The Balaban J connectivity index is 1.61. The number of nitrogens with one attached hydrogen (secondary N) is 2. The molecule has 2 heterocycles. The Morgan fingerprint density at radius 2 is 1.96 bits per heavy atom. The van der Waals surface area contributed by atoms with Gasteiger partial charge in [-0.3, -0.25) is 10.1 Å². The highest BCUT2D eigenvalue weighted by Crippen LogP contribution is 2.19. The molecule has 1 atom stereocenters. The maximum absolute atomic E-state index is 12.2. The molecule has 0 saturated heterocycles. The van der Waals surface area contributed by atoms with Crippen molar-refractivity contribution in [1.29, 1.82) is 0 Å². The van der Waals surface area contributed by atoms with Gasteiger partial charge in [-0.1, -0.05) is 41.2 Å². The van der Waals surface area contributed by atoms with Crippen LogP contribution in [0, 0.1) is 6.92 Å².